The van der Waals surface area contributed by atoms with Gasteiger partial charge >= 0.3 is 0 Å². The highest BCUT2D eigenvalue weighted by Crippen LogP contribution is 2.38. The normalized spacial score (nSPS) is 36.6. The van der Waals surface area contributed by atoms with Crippen molar-refractivity contribution < 1.29 is 9.53 Å². The van der Waals surface area contributed by atoms with Crippen LogP contribution in [0.15, 0.2) is 0 Å². The Bertz CT molecular complexity index is 298. The number of hydrogen-bond acceptors (Lipinski definition) is 3. The summed E-state index contributed by atoms with van der Waals surface area (Å²) in [4.78, 5) is 12.1. The van der Waals surface area contributed by atoms with Crippen molar-refractivity contribution in [2.24, 2.45) is 11.8 Å². The topological polar surface area (TPSA) is 50.4 Å². The van der Waals surface area contributed by atoms with Gasteiger partial charge in [-0.05, 0) is 57.0 Å². The molecule has 4 heteroatoms. The summed E-state index contributed by atoms with van der Waals surface area (Å²) < 4.78 is 5.75. The summed E-state index contributed by atoms with van der Waals surface area (Å²) in [6.07, 6.45) is 6.94. The fraction of sp³-hybridized carbons (Fsp3) is 0.929. The molecule has 18 heavy (non-hydrogen) atoms. The number of piperidine rings is 1. The van der Waals surface area contributed by atoms with Crippen molar-refractivity contribution in [3.8, 4) is 0 Å². The summed E-state index contributed by atoms with van der Waals surface area (Å²) in [6.45, 7) is 2.93. The standard InChI is InChI=1S/C14H24N2O2/c17-13(8-10-2-1-6-15-9-10)16-12-5-7-18-14(12)11-3-4-11/h10-12,14-15H,1-9H2,(H,16,17). The van der Waals surface area contributed by atoms with E-state index in [4.69, 9.17) is 4.74 Å². The monoisotopic (exact) mass is 252 g/mol. The minimum Gasteiger partial charge on any atom is -0.376 e. The Labute approximate surface area is 109 Å². The number of ether oxygens (including phenoxy) is 1. The van der Waals surface area contributed by atoms with Gasteiger partial charge in [-0.3, -0.25) is 4.79 Å². The van der Waals surface area contributed by atoms with Gasteiger partial charge in [-0.1, -0.05) is 0 Å². The molecule has 2 N–H and O–H groups in total. The van der Waals surface area contributed by atoms with Crippen molar-refractivity contribution in [3.05, 3.63) is 0 Å². The largest absolute Gasteiger partial charge is 0.376 e. The van der Waals surface area contributed by atoms with Crippen LogP contribution >= 0.6 is 0 Å². The Hall–Kier alpha value is -0.610. The average Bonchev–Trinajstić information content (AvgIpc) is 3.12. The van der Waals surface area contributed by atoms with Gasteiger partial charge < -0.3 is 15.4 Å². The third-order valence-corrected chi connectivity index (χ3v) is 4.44. The van der Waals surface area contributed by atoms with Gasteiger partial charge in [0.15, 0.2) is 0 Å². The molecule has 3 unspecified atom stereocenters. The van der Waals surface area contributed by atoms with E-state index >= 15 is 0 Å². The summed E-state index contributed by atoms with van der Waals surface area (Å²) in [5.41, 5.74) is 0. The molecule has 2 saturated heterocycles. The quantitative estimate of drug-likeness (QED) is 0.786. The Morgan fingerprint density at radius 1 is 1.28 bits per heavy atom. The SMILES string of the molecule is O=C(CC1CCCNC1)NC1CCOC1C1CC1. The molecule has 3 atom stereocenters. The highest BCUT2D eigenvalue weighted by atomic mass is 16.5. The summed E-state index contributed by atoms with van der Waals surface area (Å²) in [5, 5.41) is 6.57. The van der Waals surface area contributed by atoms with Crippen LogP contribution in [0.1, 0.15) is 38.5 Å². The maximum atomic E-state index is 12.1. The van der Waals surface area contributed by atoms with Crippen molar-refractivity contribution >= 4 is 5.91 Å². The van der Waals surface area contributed by atoms with E-state index in [0.29, 0.717) is 24.4 Å². The molecule has 3 aliphatic rings. The zero-order chi connectivity index (χ0) is 12.4. The third-order valence-electron chi connectivity index (χ3n) is 4.44. The smallest absolute Gasteiger partial charge is 0.220 e. The summed E-state index contributed by atoms with van der Waals surface area (Å²) in [7, 11) is 0. The van der Waals surface area contributed by atoms with Gasteiger partial charge in [0, 0.05) is 13.0 Å². The Morgan fingerprint density at radius 3 is 2.89 bits per heavy atom. The molecule has 102 valence electrons. The van der Waals surface area contributed by atoms with E-state index in [-0.39, 0.29) is 11.9 Å². The Morgan fingerprint density at radius 2 is 2.17 bits per heavy atom. The van der Waals surface area contributed by atoms with Gasteiger partial charge in [-0.15, -0.1) is 0 Å². The fourth-order valence-electron chi connectivity index (χ4n) is 3.28. The molecule has 0 aromatic rings. The first kappa shape index (κ1) is 12.4. The molecular weight excluding hydrogens is 228 g/mol. The van der Waals surface area contributed by atoms with E-state index < -0.39 is 0 Å². The predicted octanol–water partition coefficient (Wildman–Crippen LogP) is 1.06. The third kappa shape index (κ3) is 3.04. The van der Waals surface area contributed by atoms with E-state index in [1.165, 1.54) is 25.7 Å². The van der Waals surface area contributed by atoms with Crippen LogP contribution in [0, 0.1) is 11.8 Å². The molecular formula is C14H24N2O2. The Balaban J connectivity index is 1.44. The summed E-state index contributed by atoms with van der Waals surface area (Å²) in [6, 6.07) is 0.279. The van der Waals surface area contributed by atoms with Crippen molar-refractivity contribution in [2.75, 3.05) is 19.7 Å². The molecule has 0 spiro atoms. The van der Waals surface area contributed by atoms with Crippen LogP contribution in [0.5, 0.6) is 0 Å². The lowest BCUT2D eigenvalue weighted by molar-refractivity contribution is -0.123. The molecule has 0 aromatic heterocycles. The van der Waals surface area contributed by atoms with Gasteiger partial charge in [0.25, 0.3) is 0 Å². The maximum Gasteiger partial charge on any atom is 0.220 e. The molecule has 1 amide bonds. The first-order valence-corrected chi connectivity index (χ1v) is 7.44. The van der Waals surface area contributed by atoms with Gasteiger partial charge in [-0.25, -0.2) is 0 Å². The van der Waals surface area contributed by atoms with Crippen molar-refractivity contribution in [2.45, 2.75) is 50.7 Å². The lowest BCUT2D eigenvalue weighted by Crippen LogP contribution is -2.43. The van der Waals surface area contributed by atoms with Crippen LogP contribution < -0.4 is 10.6 Å². The predicted molar refractivity (Wildman–Crippen MR) is 69.2 cm³/mol. The van der Waals surface area contributed by atoms with Crippen LogP contribution in [-0.2, 0) is 9.53 Å². The number of amides is 1. The number of carbonyl (C=O) groups is 1. The van der Waals surface area contributed by atoms with Crippen molar-refractivity contribution in [3.63, 3.8) is 0 Å². The summed E-state index contributed by atoms with van der Waals surface area (Å²) in [5.74, 6) is 1.47. The molecule has 0 aromatic carbocycles. The van der Waals surface area contributed by atoms with E-state index in [1.54, 1.807) is 0 Å². The first-order chi connectivity index (χ1) is 8.83. The van der Waals surface area contributed by atoms with Crippen molar-refractivity contribution in [1.29, 1.82) is 0 Å². The Kier molecular flexibility index (Phi) is 3.85. The van der Waals surface area contributed by atoms with Gasteiger partial charge in [-0.2, -0.15) is 0 Å². The zero-order valence-electron chi connectivity index (χ0n) is 11.0. The molecule has 4 nitrogen and oxygen atoms in total. The minimum absolute atomic E-state index is 0.227. The van der Waals surface area contributed by atoms with Gasteiger partial charge in [0.2, 0.25) is 5.91 Å². The van der Waals surface area contributed by atoms with Crippen molar-refractivity contribution in [1.82, 2.24) is 10.6 Å². The van der Waals surface area contributed by atoms with Gasteiger partial charge in [0.1, 0.15) is 0 Å². The molecule has 3 rings (SSSR count). The number of rotatable bonds is 4. The highest BCUT2D eigenvalue weighted by Gasteiger charge is 2.41. The molecule has 1 saturated carbocycles. The first-order valence-electron chi connectivity index (χ1n) is 7.44. The van der Waals surface area contributed by atoms with Crippen LogP contribution in [0.25, 0.3) is 0 Å². The van der Waals surface area contributed by atoms with Crippen LogP contribution in [0.4, 0.5) is 0 Å². The molecule has 1 aliphatic carbocycles. The zero-order valence-corrected chi connectivity index (χ0v) is 11.0. The number of nitrogens with one attached hydrogen (secondary N) is 2. The summed E-state index contributed by atoms with van der Waals surface area (Å²) >= 11 is 0. The van der Waals surface area contributed by atoms with E-state index in [9.17, 15) is 4.79 Å². The fourth-order valence-corrected chi connectivity index (χ4v) is 3.28. The second-order valence-electron chi connectivity index (χ2n) is 6.05. The molecule has 3 fully saturated rings. The van der Waals surface area contributed by atoms with Crippen LogP contribution in [0.2, 0.25) is 0 Å². The number of carbonyl (C=O) groups excluding carboxylic acids is 1. The average molecular weight is 252 g/mol. The number of hydrogen-bond donors (Lipinski definition) is 2. The lowest BCUT2D eigenvalue weighted by Gasteiger charge is -2.24. The van der Waals surface area contributed by atoms with E-state index in [1.807, 2.05) is 0 Å². The second-order valence-corrected chi connectivity index (χ2v) is 6.05. The molecule has 2 aliphatic heterocycles. The molecule has 0 bridgehead atoms. The van der Waals surface area contributed by atoms with Gasteiger partial charge in [0.05, 0.1) is 12.1 Å². The van der Waals surface area contributed by atoms with Crippen LogP contribution in [0.3, 0.4) is 0 Å². The second kappa shape index (κ2) is 5.57. The van der Waals surface area contributed by atoms with Crippen LogP contribution in [-0.4, -0.2) is 37.7 Å². The molecule has 0 radical (unpaired) electrons. The van der Waals surface area contributed by atoms with E-state index in [2.05, 4.69) is 10.6 Å². The lowest BCUT2D eigenvalue weighted by atomic mass is 9.95. The minimum atomic E-state index is 0.227. The highest BCUT2D eigenvalue weighted by molar-refractivity contribution is 5.76. The van der Waals surface area contributed by atoms with E-state index in [0.717, 1.165) is 26.1 Å². The molecule has 2 heterocycles. The maximum absolute atomic E-state index is 12.1.